The van der Waals surface area contributed by atoms with Gasteiger partial charge in [0.15, 0.2) is 0 Å². The fourth-order valence-corrected chi connectivity index (χ4v) is 3.01. The molecule has 0 spiro atoms. The average Bonchev–Trinajstić information content (AvgIpc) is 2.84. The van der Waals surface area contributed by atoms with Crippen LogP contribution in [0.3, 0.4) is 0 Å². The van der Waals surface area contributed by atoms with Crippen LogP contribution < -0.4 is 11.1 Å². The number of aromatic nitrogens is 2. The number of nitrogens with one attached hydrogen (secondary N) is 1. The number of nitrogens with two attached hydrogens (primary N) is 1. The highest BCUT2D eigenvalue weighted by molar-refractivity contribution is 5.85. The summed E-state index contributed by atoms with van der Waals surface area (Å²) in [6, 6.07) is 0.561. The molecule has 1 aromatic rings. The highest BCUT2D eigenvalue weighted by atomic mass is 16.1. The minimum absolute atomic E-state index is 0.239. The van der Waals surface area contributed by atoms with Crippen LogP contribution in [0, 0.1) is 6.92 Å². The van der Waals surface area contributed by atoms with Crippen molar-refractivity contribution >= 4 is 5.91 Å². The lowest BCUT2D eigenvalue weighted by atomic mass is 9.95. The number of rotatable bonds is 4. The second-order valence-corrected chi connectivity index (χ2v) is 5.52. The van der Waals surface area contributed by atoms with E-state index in [1.54, 1.807) is 6.20 Å². The number of aryl methyl sites for hydroxylation is 1. The van der Waals surface area contributed by atoms with Gasteiger partial charge < -0.3 is 15.6 Å². The number of amides is 1. The Labute approximate surface area is 108 Å². The molecule has 18 heavy (non-hydrogen) atoms. The van der Waals surface area contributed by atoms with Crippen LogP contribution >= 0.6 is 0 Å². The van der Waals surface area contributed by atoms with Crippen molar-refractivity contribution in [2.75, 3.05) is 0 Å². The fourth-order valence-electron chi connectivity index (χ4n) is 3.01. The molecule has 100 valence electrons. The molecular formula is C13H22N4O. The van der Waals surface area contributed by atoms with Crippen LogP contribution in [-0.2, 0) is 4.79 Å². The van der Waals surface area contributed by atoms with Crippen molar-refractivity contribution in [1.29, 1.82) is 0 Å². The minimum atomic E-state index is -0.560. The van der Waals surface area contributed by atoms with E-state index in [0.717, 1.165) is 25.1 Å². The first-order chi connectivity index (χ1) is 8.44. The van der Waals surface area contributed by atoms with Crippen LogP contribution in [0.5, 0.6) is 0 Å². The Kier molecular flexibility index (Phi) is 3.43. The molecule has 1 aliphatic rings. The minimum Gasteiger partial charge on any atom is -0.368 e. The van der Waals surface area contributed by atoms with Crippen molar-refractivity contribution in [1.82, 2.24) is 14.9 Å². The maximum Gasteiger partial charge on any atom is 0.237 e. The molecule has 5 heteroatoms. The van der Waals surface area contributed by atoms with Gasteiger partial charge in [-0.1, -0.05) is 0 Å². The number of primary amides is 1. The lowest BCUT2D eigenvalue weighted by Gasteiger charge is -2.29. The Morgan fingerprint density at radius 1 is 1.67 bits per heavy atom. The molecule has 2 atom stereocenters. The van der Waals surface area contributed by atoms with E-state index in [0.29, 0.717) is 6.04 Å². The maximum atomic E-state index is 11.8. The highest BCUT2D eigenvalue weighted by Gasteiger charge is 2.44. The van der Waals surface area contributed by atoms with Crippen molar-refractivity contribution in [2.24, 2.45) is 5.73 Å². The van der Waals surface area contributed by atoms with E-state index in [2.05, 4.69) is 14.9 Å². The summed E-state index contributed by atoms with van der Waals surface area (Å²) in [6.07, 6.45) is 6.28. The van der Waals surface area contributed by atoms with E-state index in [1.807, 2.05) is 27.0 Å². The van der Waals surface area contributed by atoms with Crippen LogP contribution in [0.15, 0.2) is 12.4 Å². The molecule has 5 nitrogen and oxygen atoms in total. The standard InChI is InChI=1S/C13H22N4O/c1-9(2)16-13(12(14)18)5-4-11(8-13)17-7-6-15-10(17)3/h6-7,9,11,16H,4-5,8H2,1-3H3,(H2,14,18). The molecule has 1 heterocycles. The fraction of sp³-hybridized carbons (Fsp3) is 0.692. The summed E-state index contributed by atoms with van der Waals surface area (Å²) in [7, 11) is 0. The number of imidazole rings is 1. The molecule has 2 unspecified atom stereocenters. The van der Waals surface area contributed by atoms with Gasteiger partial charge in [0.2, 0.25) is 5.91 Å². The van der Waals surface area contributed by atoms with E-state index < -0.39 is 5.54 Å². The second kappa shape index (κ2) is 4.72. The molecule has 1 fully saturated rings. The average molecular weight is 250 g/mol. The van der Waals surface area contributed by atoms with Gasteiger partial charge in [-0.2, -0.15) is 0 Å². The Hall–Kier alpha value is -1.36. The highest BCUT2D eigenvalue weighted by Crippen LogP contribution is 2.38. The van der Waals surface area contributed by atoms with E-state index in [9.17, 15) is 4.79 Å². The zero-order valence-electron chi connectivity index (χ0n) is 11.3. The number of hydrogen-bond acceptors (Lipinski definition) is 3. The molecule has 0 aromatic carbocycles. The Balaban J connectivity index is 2.18. The van der Waals surface area contributed by atoms with Crippen molar-refractivity contribution in [3.8, 4) is 0 Å². The number of carbonyl (C=O) groups is 1. The van der Waals surface area contributed by atoms with Gasteiger partial charge in [-0.25, -0.2) is 4.98 Å². The first-order valence-electron chi connectivity index (χ1n) is 6.51. The number of nitrogens with zero attached hydrogens (tertiary/aromatic N) is 2. The maximum absolute atomic E-state index is 11.8. The van der Waals surface area contributed by atoms with Crippen LogP contribution in [0.2, 0.25) is 0 Å². The molecule has 0 saturated heterocycles. The lowest BCUT2D eigenvalue weighted by molar-refractivity contribution is -0.124. The van der Waals surface area contributed by atoms with Gasteiger partial charge in [-0.15, -0.1) is 0 Å². The third-order valence-corrected chi connectivity index (χ3v) is 3.78. The summed E-state index contributed by atoms with van der Waals surface area (Å²) in [4.78, 5) is 16.0. The molecule has 1 saturated carbocycles. The van der Waals surface area contributed by atoms with Gasteiger partial charge in [-0.05, 0) is 40.0 Å². The van der Waals surface area contributed by atoms with E-state index >= 15 is 0 Å². The summed E-state index contributed by atoms with van der Waals surface area (Å²) >= 11 is 0. The van der Waals surface area contributed by atoms with Crippen molar-refractivity contribution < 1.29 is 4.79 Å². The van der Waals surface area contributed by atoms with Crippen molar-refractivity contribution in [2.45, 2.75) is 57.7 Å². The molecule has 1 amide bonds. The molecule has 0 radical (unpaired) electrons. The third kappa shape index (κ3) is 2.27. The molecule has 0 bridgehead atoms. The van der Waals surface area contributed by atoms with Crippen LogP contribution in [0.25, 0.3) is 0 Å². The zero-order chi connectivity index (χ0) is 13.3. The second-order valence-electron chi connectivity index (χ2n) is 5.52. The summed E-state index contributed by atoms with van der Waals surface area (Å²) < 4.78 is 2.15. The molecule has 1 aromatic heterocycles. The van der Waals surface area contributed by atoms with Crippen molar-refractivity contribution in [3.05, 3.63) is 18.2 Å². The molecular weight excluding hydrogens is 228 g/mol. The van der Waals surface area contributed by atoms with Gasteiger partial charge >= 0.3 is 0 Å². The first kappa shape index (κ1) is 13.1. The Morgan fingerprint density at radius 3 is 2.89 bits per heavy atom. The Bertz CT molecular complexity index is 440. The van der Waals surface area contributed by atoms with Crippen LogP contribution in [-0.4, -0.2) is 27.0 Å². The van der Waals surface area contributed by atoms with Gasteiger partial charge in [0.05, 0.1) is 5.54 Å². The van der Waals surface area contributed by atoms with E-state index in [1.165, 1.54) is 0 Å². The normalized spacial score (nSPS) is 27.9. The molecule has 1 aliphatic carbocycles. The summed E-state index contributed by atoms with van der Waals surface area (Å²) in [6.45, 7) is 6.07. The number of carbonyl (C=O) groups excluding carboxylic acids is 1. The summed E-state index contributed by atoms with van der Waals surface area (Å²) in [5.74, 6) is 0.751. The van der Waals surface area contributed by atoms with Gasteiger partial charge in [-0.3, -0.25) is 4.79 Å². The largest absolute Gasteiger partial charge is 0.368 e. The third-order valence-electron chi connectivity index (χ3n) is 3.78. The predicted octanol–water partition coefficient (Wildman–Crippen LogP) is 1.14. The Morgan fingerprint density at radius 2 is 2.39 bits per heavy atom. The topological polar surface area (TPSA) is 72.9 Å². The first-order valence-corrected chi connectivity index (χ1v) is 6.51. The van der Waals surface area contributed by atoms with Crippen LogP contribution in [0.4, 0.5) is 0 Å². The van der Waals surface area contributed by atoms with E-state index in [4.69, 9.17) is 5.73 Å². The van der Waals surface area contributed by atoms with Gasteiger partial charge in [0.25, 0.3) is 0 Å². The van der Waals surface area contributed by atoms with Gasteiger partial charge in [0.1, 0.15) is 5.82 Å². The molecule has 0 aliphatic heterocycles. The SMILES string of the molecule is Cc1nccn1C1CCC(NC(C)C)(C(N)=O)C1. The summed E-state index contributed by atoms with van der Waals surface area (Å²) in [5, 5.41) is 3.36. The zero-order valence-corrected chi connectivity index (χ0v) is 11.3. The molecule has 3 N–H and O–H groups in total. The monoisotopic (exact) mass is 250 g/mol. The van der Waals surface area contributed by atoms with Gasteiger partial charge in [0, 0.05) is 24.5 Å². The predicted molar refractivity (Wildman–Crippen MR) is 70.0 cm³/mol. The lowest BCUT2D eigenvalue weighted by Crippen LogP contribution is -2.56. The summed E-state index contributed by atoms with van der Waals surface area (Å²) in [5.41, 5.74) is 5.05. The van der Waals surface area contributed by atoms with Crippen molar-refractivity contribution in [3.63, 3.8) is 0 Å². The quantitative estimate of drug-likeness (QED) is 0.841. The molecule has 2 rings (SSSR count). The van der Waals surface area contributed by atoms with Crippen LogP contribution in [0.1, 0.15) is 45.0 Å². The number of hydrogen-bond donors (Lipinski definition) is 2. The van der Waals surface area contributed by atoms with E-state index in [-0.39, 0.29) is 11.9 Å². The smallest absolute Gasteiger partial charge is 0.237 e.